The van der Waals surface area contributed by atoms with E-state index in [1.54, 1.807) is 23.9 Å². The molecule has 6 heteroatoms. The van der Waals surface area contributed by atoms with Gasteiger partial charge in [0.15, 0.2) is 5.16 Å². The van der Waals surface area contributed by atoms with Crippen molar-refractivity contribution in [2.75, 3.05) is 23.5 Å². The number of nitrogens with zero attached hydrogens (tertiary/aromatic N) is 1. The zero-order valence-electron chi connectivity index (χ0n) is 8.90. The minimum absolute atomic E-state index is 0.537. The number of thioether (sulfide) groups is 1. The van der Waals surface area contributed by atoms with Gasteiger partial charge < -0.3 is 10.7 Å². The molecule has 0 amide bonds. The highest BCUT2D eigenvalue weighted by atomic mass is 32.2. The third-order valence-corrected chi connectivity index (χ3v) is 4.24. The van der Waals surface area contributed by atoms with Crippen LogP contribution in [0.15, 0.2) is 23.4 Å². The van der Waals surface area contributed by atoms with E-state index in [9.17, 15) is 4.21 Å². The minimum Gasteiger partial charge on any atom is -0.399 e. The Hall–Kier alpha value is -1.01. The Bertz CT molecular complexity index is 524. The van der Waals surface area contributed by atoms with E-state index < -0.39 is 10.8 Å². The highest BCUT2D eigenvalue weighted by molar-refractivity contribution is 7.99. The van der Waals surface area contributed by atoms with Crippen LogP contribution in [0.3, 0.4) is 0 Å². The number of benzene rings is 1. The topological polar surface area (TPSA) is 71.8 Å². The van der Waals surface area contributed by atoms with Gasteiger partial charge in [-0.25, -0.2) is 4.98 Å². The predicted octanol–water partition coefficient (Wildman–Crippen LogP) is 1.62. The lowest BCUT2D eigenvalue weighted by molar-refractivity contribution is 0.679. The number of rotatable bonds is 4. The highest BCUT2D eigenvalue weighted by Gasteiger charge is 2.09. The smallest absolute Gasteiger partial charge is 0.197 e. The lowest BCUT2D eigenvalue weighted by atomic mass is 10.3. The van der Waals surface area contributed by atoms with Gasteiger partial charge in [0.05, 0.1) is 21.8 Å². The second-order valence-corrected chi connectivity index (χ2v) is 5.83. The van der Waals surface area contributed by atoms with Crippen LogP contribution in [0.2, 0.25) is 0 Å². The van der Waals surface area contributed by atoms with E-state index in [0.717, 1.165) is 16.8 Å². The SMILES string of the molecule is CSCCS(=O)c1nc2ccc(N)cc2[nH]1. The van der Waals surface area contributed by atoms with Gasteiger partial charge >= 0.3 is 0 Å². The van der Waals surface area contributed by atoms with E-state index in [1.165, 1.54) is 0 Å². The van der Waals surface area contributed by atoms with Crippen molar-refractivity contribution in [1.29, 1.82) is 0 Å². The van der Waals surface area contributed by atoms with Gasteiger partial charge in [-0.3, -0.25) is 4.21 Å². The summed E-state index contributed by atoms with van der Waals surface area (Å²) in [4.78, 5) is 7.33. The molecule has 1 aromatic carbocycles. The molecule has 0 fully saturated rings. The van der Waals surface area contributed by atoms with Gasteiger partial charge in [-0.1, -0.05) is 0 Å². The number of hydrogen-bond acceptors (Lipinski definition) is 4. The van der Waals surface area contributed by atoms with Gasteiger partial charge in [0.25, 0.3) is 0 Å². The average Bonchev–Trinajstić information content (AvgIpc) is 2.68. The molecule has 2 aromatic rings. The second kappa shape index (κ2) is 4.88. The molecule has 0 spiro atoms. The average molecular weight is 255 g/mol. The number of H-pyrrole nitrogens is 1. The maximum atomic E-state index is 11.8. The number of nitrogen functional groups attached to an aromatic ring is 1. The summed E-state index contributed by atoms with van der Waals surface area (Å²) in [7, 11) is -1.05. The Morgan fingerprint density at radius 3 is 3.12 bits per heavy atom. The van der Waals surface area contributed by atoms with Crippen LogP contribution in [0.25, 0.3) is 11.0 Å². The van der Waals surface area contributed by atoms with Crippen LogP contribution in [-0.4, -0.2) is 31.9 Å². The molecule has 0 radical (unpaired) electrons. The Labute approximate surface area is 100 Å². The van der Waals surface area contributed by atoms with Crippen LogP contribution < -0.4 is 5.73 Å². The van der Waals surface area contributed by atoms with E-state index in [0.29, 0.717) is 16.6 Å². The van der Waals surface area contributed by atoms with Crippen LogP contribution in [-0.2, 0) is 10.8 Å². The van der Waals surface area contributed by atoms with Crippen LogP contribution in [0.5, 0.6) is 0 Å². The maximum absolute atomic E-state index is 11.8. The monoisotopic (exact) mass is 255 g/mol. The molecule has 3 N–H and O–H groups in total. The van der Waals surface area contributed by atoms with E-state index in [4.69, 9.17) is 5.73 Å². The first-order chi connectivity index (χ1) is 7.70. The van der Waals surface area contributed by atoms with Crippen molar-refractivity contribution in [3.8, 4) is 0 Å². The molecule has 16 heavy (non-hydrogen) atoms. The van der Waals surface area contributed by atoms with Crippen LogP contribution >= 0.6 is 11.8 Å². The molecular weight excluding hydrogens is 242 g/mol. The minimum atomic E-state index is -1.05. The van der Waals surface area contributed by atoms with E-state index in [1.807, 2.05) is 12.3 Å². The summed E-state index contributed by atoms with van der Waals surface area (Å²) in [5.41, 5.74) is 7.99. The molecule has 86 valence electrons. The zero-order valence-corrected chi connectivity index (χ0v) is 10.5. The molecule has 0 aliphatic carbocycles. The van der Waals surface area contributed by atoms with Crippen LogP contribution in [0, 0.1) is 0 Å². The quantitative estimate of drug-likeness (QED) is 0.814. The summed E-state index contributed by atoms with van der Waals surface area (Å²) in [6.07, 6.45) is 2.00. The first-order valence-corrected chi connectivity index (χ1v) is 7.54. The van der Waals surface area contributed by atoms with Crippen LogP contribution in [0.4, 0.5) is 5.69 Å². The Morgan fingerprint density at radius 2 is 2.38 bits per heavy atom. The number of nitrogens with two attached hydrogens (primary N) is 1. The second-order valence-electron chi connectivity index (χ2n) is 3.36. The van der Waals surface area contributed by atoms with Crippen molar-refractivity contribution in [3.05, 3.63) is 18.2 Å². The first-order valence-electron chi connectivity index (χ1n) is 4.83. The van der Waals surface area contributed by atoms with Gasteiger partial charge in [0, 0.05) is 17.2 Å². The summed E-state index contributed by atoms with van der Waals surface area (Å²) < 4.78 is 11.8. The lowest BCUT2D eigenvalue weighted by Crippen LogP contribution is -2.01. The van der Waals surface area contributed by atoms with Crippen molar-refractivity contribution in [1.82, 2.24) is 9.97 Å². The molecule has 0 aliphatic heterocycles. The maximum Gasteiger partial charge on any atom is 0.197 e. The molecule has 4 nitrogen and oxygen atoms in total. The zero-order chi connectivity index (χ0) is 11.5. The Kier molecular flexibility index (Phi) is 3.50. The summed E-state index contributed by atoms with van der Waals surface area (Å²) in [5, 5.41) is 0.537. The number of fused-ring (bicyclic) bond motifs is 1. The largest absolute Gasteiger partial charge is 0.399 e. The highest BCUT2D eigenvalue weighted by Crippen LogP contribution is 2.16. The third kappa shape index (κ3) is 2.38. The van der Waals surface area contributed by atoms with Gasteiger partial charge in [-0.05, 0) is 24.5 Å². The summed E-state index contributed by atoms with van der Waals surface area (Å²) in [6, 6.07) is 5.42. The summed E-state index contributed by atoms with van der Waals surface area (Å²) >= 11 is 1.68. The van der Waals surface area contributed by atoms with Gasteiger partial charge in [0.1, 0.15) is 0 Å². The molecular formula is C10H13N3OS2. The number of aromatic amines is 1. The van der Waals surface area contributed by atoms with Gasteiger partial charge in [0.2, 0.25) is 0 Å². The summed E-state index contributed by atoms with van der Waals surface area (Å²) in [6.45, 7) is 0. The number of anilines is 1. The first kappa shape index (κ1) is 11.5. The van der Waals surface area contributed by atoms with E-state index in [-0.39, 0.29) is 0 Å². The number of imidazole rings is 1. The number of hydrogen-bond donors (Lipinski definition) is 2. The molecule has 2 rings (SSSR count). The van der Waals surface area contributed by atoms with Crippen LogP contribution in [0.1, 0.15) is 0 Å². The van der Waals surface area contributed by atoms with Gasteiger partial charge in [-0.2, -0.15) is 11.8 Å². The Morgan fingerprint density at radius 1 is 1.56 bits per heavy atom. The van der Waals surface area contributed by atoms with Crippen molar-refractivity contribution in [3.63, 3.8) is 0 Å². The molecule has 1 heterocycles. The molecule has 0 saturated heterocycles. The van der Waals surface area contributed by atoms with Gasteiger partial charge in [-0.15, -0.1) is 0 Å². The van der Waals surface area contributed by atoms with Crippen molar-refractivity contribution < 1.29 is 4.21 Å². The number of aromatic nitrogens is 2. The molecule has 1 aromatic heterocycles. The molecule has 0 bridgehead atoms. The summed E-state index contributed by atoms with van der Waals surface area (Å²) in [5.74, 6) is 1.49. The van der Waals surface area contributed by atoms with Crippen molar-refractivity contribution in [2.45, 2.75) is 5.16 Å². The molecule has 0 saturated carbocycles. The third-order valence-electron chi connectivity index (χ3n) is 2.17. The van der Waals surface area contributed by atoms with Crippen molar-refractivity contribution >= 4 is 39.3 Å². The fourth-order valence-electron chi connectivity index (χ4n) is 1.37. The molecule has 1 unspecified atom stereocenters. The predicted molar refractivity (Wildman–Crippen MR) is 70.2 cm³/mol. The van der Waals surface area contributed by atoms with E-state index in [2.05, 4.69) is 9.97 Å². The number of nitrogens with one attached hydrogen (secondary N) is 1. The normalized spacial score (nSPS) is 13.1. The molecule has 1 atom stereocenters. The fourth-order valence-corrected chi connectivity index (χ4v) is 3.26. The van der Waals surface area contributed by atoms with Crippen molar-refractivity contribution in [2.24, 2.45) is 0 Å². The Balaban J connectivity index is 2.28. The standard InChI is InChI=1S/C10H13N3OS2/c1-15-4-5-16(14)10-12-8-3-2-7(11)6-9(8)13-10/h2-3,6H,4-5,11H2,1H3,(H,12,13). The lowest BCUT2D eigenvalue weighted by Gasteiger charge is -1.94. The molecule has 0 aliphatic rings. The fraction of sp³-hybridized carbons (Fsp3) is 0.300. The van der Waals surface area contributed by atoms with E-state index >= 15 is 0 Å².